The van der Waals surface area contributed by atoms with Crippen LogP contribution in [-0.4, -0.2) is 22.5 Å². The molecule has 1 unspecified atom stereocenters. The number of rotatable bonds is 5. The van der Waals surface area contributed by atoms with Crippen molar-refractivity contribution in [2.75, 3.05) is 6.54 Å². The molecule has 0 saturated carbocycles. The Bertz CT molecular complexity index is 565. The van der Waals surface area contributed by atoms with Gasteiger partial charge in [-0.25, -0.2) is 0 Å². The van der Waals surface area contributed by atoms with Gasteiger partial charge in [-0.3, -0.25) is 4.79 Å². The number of carbonyl (C=O) groups excluding carboxylic acids is 1. The van der Waals surface area contributed by atoms with Crippen molar-refractivity contribution < 1.29 is 9.90 Å². The summed E-state index contributed by atoms with van der Waals surface area (Å²) in [7, 11) is 0. The maximum Gasteiger partial charge on any atom is 0.226 e. The molecule has 0 aliphatic carbocycles. The van der Waals surface area contributed by atoms with Gasteiger partial charge in [-0.1, -0.05) is 29.3 Å². The molecule has 0 radical (unpaired) electrons. The molecule has 2 rings (SSSR count). The number of nitrogens with one attached hydrogen (secondary N) is 2. The minimum absolute atomic E-state index is 0.0585. The van der Waals surface area contributed by atoms with E-state index in [1.54, 1.807) is 24.4 Å². The Morgan fingerprint density at radius 2 is 1.95 bits per heavy atom. The number of amides is 1. The van der Waals surface area contributed by atoms with Gasteiger partial charge in [-0.05, 0) is 24.3 Å². The van der Waals surface area contributed by atoms with E-state index in [-0.39, 0.29) is 18.9 Å². The normalized spacial score (nSPS) is 12.2. The van der Waals surface area contributed by atoms with Gasteiger partial charge >= 0.3 is 0 Å². The highest BCUT2D eigenvalue weighted by Gasteiger charge is 2.16. The highest BCUT2D eigenvalue weighted by atomic mass is 35.5. The molecular weight excluding hydrogens is 299 g/mol. The smallest absolute Gasteiger partial charge is 0.226 e. The number of benzene rings is 1. The summed E-state index contributed by atoms with van der Waals surface area (Å²) < 4.78 is 0. The van der Waals surface area contributed by atoms with Gasteiger partial charge in [0.05, 0.1) is 12.5 Å². The van der Waals surface area contributed by atoms with Crippen molar-refractivity contribution in [3.05, 3.63) is 57.8 Å². The third-order valence-electron chi connectivity index (χ3n) is 2.84. The molecule has 1 heterocycles. The van der Waals surface area contributed by atoms with Crippen LogP contribution < -0.4 is 5.32 Å². The second kappa shape index (κ2) is 6.79. The summed E-state index contributed by atoms with van der Waals surface area (Å²) in [5.41, 5.74) is 1.24. The average molecular weight is 313 g/mol. The molecule has 1 amide bonds. The molecule has 0 bridgehead atoms. The van der Waals surface area contributed by atoms with E-state index in [2.05, 4.69) is 10.3 Å². The minimum atomic E-state index is -0.941. The summed E-state index contributed by atoms with van der Waals surface area (Å²) in [5, 5.41) is 13.5. The maximum absolute atomic E-state index is 11.7. The van der Waals surface area contributed by atoms with Gasteiger partial charge in [0.2, 0.25) is 5.91 Å². The molecular formula is C14H14Cl2N2O2. The zero-order valence-corrected chi connectivity index (χ0v) is 12.1. The molecule has 20 heavy (non-hydrogen) atoms. The van der Waals surface area contributed by atoms with Gasteiger partial charge in [0.1, 0.15) is 0 Å². The molecule has 4 nitrogen and oxygen atoms in total. The van der Waals surface area contributed by atoms with E-state index in [0.717, 1.165) is 5.69 Å². The SMILES string of the molecule is O=C(Cc1ccc[nH]1)NCC(O)c1c(Cl)cccc1Cl. The van der Waals surface area contributed by atoms with E-state index in [4.69, 9.17) is 23.2 Å². The number of aromatic nitrogens is 1. The molecule has 1 aromatic carbocycles. The lowest BCUT2D eigenvalue weighted by molar-refractivity contribution is -0.120. The first-order chi connectivity index (χ1) is 9.58. The standard InChI is InChI=1S/C14H14Cl2N2O2/c15-10-4-1-5-11(16)14(10)12(19)8-18-13(20)7-9-3-2-6-17-9/h1-6,12,17,19H,7-8H2,(H,18,20). The topological polar surface area (TPSA) is 65.1 Å². The van der Waals surface area contributed by atoms with Gasteiger partial charge < -0.3 is 15.4 Å². The number of carbonyl (C=O) groups is 1. The van der Waals surface area contributed by atoms with Crippen LogP contribution in [0.25, 0.3) is 0 Å². The summed E-state index contributed by atoms with van der Waals surface area (Å²) in [6.45, 7) is 0.0585. The van der Waals surface area contributed by atoms with Crippen LogP contribution in [0.5, 0.6) is 0 Å². The fraction of sp³-hybridized carbons (Fsp3) is 0.214. The summed E-state index contributed by atoms with van der Waals surface area (Å²) >= 11 is 12.0. The van der Waals surface area contributed by atoms with E-state index in [9.17, 15) is 9.90 Å². The number of hydrogen-bond acceptors (Lipinski definition) is 2. The Hall–Kier alpha value is -1.49. The van der Waals surface area contributed by atoms with Crippen molar-refractivity contribution in [2.24, 2.45) is 0 Å². The van der Waals surface area contributed by atoms with E-state index >= 15 is 0 Å². The van der Waals surface area contributed by atoms with Crippen LogP contribution >= 0.6 is 23.2 Å². The minimum Gasteiger partial charge on any atom is -0.386 e. The predicted octanol–water partition coefficient (Wildman–Crippen LogP) is 2.71. The van der Waals surface area contributed by atoms with Crippen molar-refractivity contribution >= 4 is 29.1 Å². The summed E-state index contributed by atoms with van der Waals surface area (Å²) in [5.74, 6) is -0.185. The number of H-pyrrole nitrogens is 1. The average Bonchev–Trinajstić information content (AvgIpc) is 2.89. The molecule has 0 saturated heterocycles. The molecule has 0 fully saturated rings. The van der Waals surface area contributed by atoms with Gasteiger partial charge in [-0.15, -0.1) is 0 Å². The fourth-order valence-electron chi connectivity index (χ4n) is 1.85. The first-order valence-electron chi connectivity index (χ1n) is 6.09. The van der Waals surface area contributed by atoms with Crippen molar-refractivity contribution in [1.29, 1.82) is 0 Å². The predicted molar refractivity (Wildman–Crippen MR) is 78.9 cm³/mol. The Balaban J connectivity index is 1.92. The number of halogens is 2. The molecule has 0 aliphatic rings. The van der Waals surface area contributed by atoms with Crippen LogP contribution in [0.3, 0.4) is 0 Å². The lowest BCUT2D eigenvalue weighted by atomic mass is 10.1. The highest BCUT2D eigenvalue weighted by molar-refractivity contribution is 6.36. The summed E-state index contributed by atoms with van der Waals surface area (Å²) in [6.07, 6.45) is 1.04. The van der Waals surface area contributed by atoms with Crippen molar-refractivity contribution in [1.82, 2.24) is 10.3 Å². The molecule has 2 aromatic rings. The molecule has 0 spiro atoms. The van der Waals surface area contributed by atoms with Crippen molar-refractivity contribution in [3.8, 4) is 0 Å². The van der Waals surface area contributed by atoms with Crippen LogP contribution in [-0.2, 0) is 11.2 Å². The molecule has 6 heteroatoms. The van der Waals surface area contributed by atoms with Crippen LogP contribution in [0.4, 0.5) is 0 Å². The number of aliphatic hydroxyl groups excluding tert-OH is 1. The van der Waals surface area contributed by atoms with Crippen LogP contribution in [0.2, 0.25) is 10.0 Å². The van der Waals surface area contributed by atoms with E-state index in [1.165, 1.54) is 0 Å². The van der Waals surface area contributed by atoms with Crippen molar-refractivity contribution in [2.45, 2.75) is 12.5 Å². The third-order valence-corrected chi connectivity index (χ3v) is 3.50. The van der Waals surface area contributed by atoms with E-state index in [1.807, 2.05) is 12.1 Å². The molecule has 3 N–H and O–H groups in total. The number of hydrogen-bond donors (Lipinski definition) is 3. The summed E-state index contributed by atoms with van der Waals surface area (Å²) in [6, 6.07) is 8.63. The van der Waals surface area contributed by atoms with Crippen LogP contribution in [0, 0.1) is 0 Å². The zero-order chi connectivity index (χ0) is 14.5. The molecule has 1 atom stereocenters. The van der Waals surface area contributed by atoms with Crippen molar-refractivity contribution in [3.63, 3.8) is 0 Å². The Morgan fingerprint density at radius 1 is 1.25 bits per heavy atom. The Morgan fingerprint density at radius 3 is 2.55 bits per heavy atom. The van der Waals surface area contributed by atoms with Gasteiger partial charge in [0.15, 0.2) is 0 Å². The maximum atomic E-state index is 11.7. The lowest BCUT2D eigenvalue weighted by Crippen LogP contribution is -2.30. The lowest BCUT2D eigenvalue weighted by Gasteiger charge is -2.15. The van der Waals surface area contributed by atoms with Crippen LogP contribution in [0.15, 0.2) is 36.5 Å². The summed E-state index contributed by atoms with van der Waals surface area (Å²) in [4.78, 5) is 14.6. The number of aromatic amines is 1. The Labute approximate surface area is 126 Å². The van der Waals surface area contributed by atoms with E-state index < -0.39 is 6.10 Å². The zero-order valence-electron chi connectivity index (χ0n) is 10.6. The quantitative estimate of drug-likeness (QED) is 0.794. The fourth-order valence-corrected chi connectivity index (χ4v) is 2.50. The van der Waals surface area contributed by atoms with Gasteiger partial charge in [0.25, 0.3) is 0 Å². The first-order valence-corrected chi connectivity index (χ1v) is 6.84. The number of aliphatic hydroxyl groups is 1. The molecule has 106 valence electrons. The monoisotopic (exact) mass is 312 g/mol. The second-order valence-electron chi connectivity index (χ2n) is 4.33. The second-order valence-corrected chi connectivity index (χ2v) is 5.14. The molecule has 1 aromatic heterocycles. The van der Waals surface area contributed by atoms with Gasteiger partial charge in [-0.2, -0.15) is 0 Å². The largest absolute Gasteiger partial charge is 0.386 e. The Kier molecular flexibility index (Phi) is 5.06. The van der Waals surface area contributed by atoms with E-state index in [0.29, 0.717) is 15.6 Å². The highest BCUT2D eigenvalue weighted by Crippen LogP contribution is 2.29. The van der Waals surface area contributed by atoms with Gasteiger partial charge in [0, 0.05) is 34.0 Å². The molecule has 0 aliphatic heterocycles. The first kappa shape index (κ1) is 14.9. The third kappa shape index (κ3) is 3.76. The van der Waals surface area contributed by atoms with Crippen LogP contribution in [0.1, 0.15) is 17.4 Å².